The van der Waals surface area contributed by atoms with Crippen LogP contribution in [-0.2, 0) is 14.4 Å². The van der Waals surface area contributed by atoms with Crippen molar-refractivity contribution in [3.63, 3.8) is 0 Å². The summed E-state index contributed by atoms with van der Waals surface area (Å²) in [5.41, 5.74) is 0. The van der Waals surface area contributed by atoms with Crippen molar-refractivity contribution in [2.24, 2.45) is 5.92 Å². The monoisotopic (exact) mass is 364 g/mol. The van der Waals surface area contributed by atoms with Crippen molar-refractivity contribution in [2.75, 3.05) is 39.4 Å². The maximum Gasteiger partial charge on any atom is 0.335 e. The molecule has 0 N–H and O–H groups in total. The highest BCUT2D eigenvalue weighted by molar-refractivity contribution is 6.44. The van der Waals surface area contributed by atoms with Crippen LogP contribution in [0.4, 0.5) is 4.79 Å². The van der Waals surface area contributed by atoms with E-state index in [0.717, 1.165) is 35.5 Å². The lowest BCUT2D eigenvalue weighted by Gasteiger charge is -2.37. The average molecular weight is 364 g/mol. The second-order valence-corrected chi connectivity index (χ2v) is 7.39. The highest BCUT2D eigenvalue weighted by atomic mass is 16.2. The van der Waals surface area contributed by atoms with Gasteiger partial charge in [0.25, 0.3) is 0 Å². The van der Waals surface area contributed by atoms with E-state index in [1.807, 2.05) is 16.7 Å². The van der Waals surface area contributed by atoms with Gasteiger partial charge >= 0.3 is 17.8 Å². The Hall–Kier alpha value is -1.96. The molecule has 2 heterocycles. The molecule has 0 spiro atoms. The van der Waals surface area contributed by atoms with E-state index < -0.39 is 17.8 Å². The van der Waals surface area contributed by atoms with Gasteiger partial charge in [-0.15, -0.1) is 0 Å². The van der Waals surface area contributed by atoms with E-state index >= 15 is 0 Å². The first-order valence-corrected chi connectivity index (χ1v) is 9.71. The van der Waals surface area contributed by atoms with Crippen LogP contribution >= 0.6 is 0 Å². The fraction of sp³-hybridized carbons (Fsp3) is 0.778. The minimum Gasteiger partial charge on any atom is -0.340 e. The Labute approximate surface area is 154 Å². The van der Waals surface area contributed by atoms with Crippen LogP contribution in [0.3, 0.4) is 0 Å². The maximum absolute atomic E-state index is 12.6. The van der Waals surface area contributed by atoms with Crippen LogP contribution < -0.4 is 0 Å². The molecule has 3 rings (SSSR count). The minimum absolute atomic E-state index is 0.120. The molecule has 8 heteroatoms. The van der Waals surface area contributed by atoms with Crippen molar-refractivity contribution >= 4 is 23.8 Å². The Bertz CT molecular complexity index is 580. The van der Waals surface area contributed by atoms with E-state index in [1.54, 1.807) is 0 Å². The third kappa shape index (κ3) is 3.75. The molecular formula is C18H28N4O4. The van der Waals surface area contributed by atoms with E-state index in [-0.39, 0.29) is 25.0 Å². The van der Waals surface area contributed by atoms with Gasteiger partial charge in [-0.05, 0) is 19.3 Å². The van der Waals surface area contributed by atoms with E-state index in [9.17, 15) is 19.2 Å². The number of hydrogen-bond donors (Lipinski definition) is 0. The number of piperazine rings is 1. The summed E-state index contributed by atoms with van der Waals surface area (Å²) in [5.74, 6) is -1.06. The molecule has 2 aliphatic heterocycles. The zero-order valence-electron chi connectivity index (χ0n) is 15.5. The van der Waals surface area contributed by atoms with Crippen molar-refractivity contribution in [3.8, 4) is 0 Å². The van der Waals surface area contributed by atoms with E-state index in [1.165, 1.54) is 6.42 Å². The van der Waals surface area contributed by atoms with Crippen molar-refractivity contribution < 1.29 is 19.2 Å². The molecule has 0 bridgehead atoms. The molecule has 0 aromatic rings. The van der Waals surface area contributed by atoms with Gasteiger partial charge in [-0.2, -0.15) is 0 Å². The number of urea groups is 1. The number of hydrogen-bond acceptors (Lipinski definition) is 5. The van der Waals surface area contributed by atoms with Gasteiger partial charge in [-0.1, -0.05) is 26.2 Å². The topological polar surface area (TPSA) is 81.2 Å². The van der Waals surface area contributed by atoms with Crippen LogP contribution in [-0.4, -0.2) is 82.7 Å². The van der Waals surface area contributed by atoms with Crippen LogP contribution in [0.5, 0.6) is 0 Å². The molecule has 5 amide bonds. The van der Waals surface area contributed by atoms with E-state index in [0.29, 0.717) is 32.6 Å². The second-order valence-electron chi connectivity index (χ2n) is 7.39. The van der Waals surface area contributed by atoms with E-state index in [2.05, 4.69) is 0 Å². The molecule has 1 aliphatic carbocycles. The highest BCUT2D eigenvalue weighted by Gasteiger charge is 2.44. The molecule has 2 saturated heterocycles. The minimum atomic E-state index is -0.746. The standard InChI is InChI=1S/C18H28N4O4/c1-2-8-21-16(24)17(25)22(18(21)26)13-19-9-11-20(12-10-19)15(23)14-6-4-3-5-7-14/h14H,2-13H2,1H3. The Morgan fingerprint density at radius 1 is 0.923 bits per heavy atom. The Morgan fingerprint density at radius 3 is 2.15 bits per heavy atom. The molecule has 3 aliphatic rings. The summed E-state index contributed by atoms with van der Waals surface area (Å²) in [5, 5.41) is 0. The number of nitrogens with zero attached hydrogens (tertiary/aromatic N) is 4. The van der Waals surface area contributed by atoms with Crippen molar-refractivity contribution in [1.82, 2.24) is 19.6 Å². The first-order chi connectivity index (χ1) is 12.5. The lowest BCUT2D eigenvalue weighted by molar-refractivity contribution is -0.144. The number of imide groups is 2. The Balaban J connectivity index is 1.51. The molecule has 0 unspecified atom stereocenters. The molecular weight excluding hydrogens is 336 g/mol. The fourth-order valence-electron chi connectivity index (χ4n) is 4.01. The van der Waals surface area contributed by atoms with Crippen LogP contribution in [0.15, 0.2) is 0 Å². The predicted molar refractivity (Wildman–Crippen MR) is 93.8 cm³/mol. The molecule has 1 saturated carbocycles. The normalized spacial score (nSPS) is 23.3. The summed E-state index contributed by atoms with van der Waals surface area (Å²) in [6, 6.07) is -0.525. The molecule has 0 atom stereocenters. The van der Waals surface area contributed by atoms with Gasteiger partial charge in [0.15, 0.2) is 0 Å². The third-order valence-corrected chi connectivity index (χ3v) is 5.56. The SMILES string of the molecule is CCCN1C(=O)C(=O)N(CN2CCN(C(=O)C3CCCCC3)CC2)C1=O. The Morgan fingerprint density at radius 2 is 1.54 bits per heavy atom. The van der Waals surface area contributed by atoms with Gasteiger partial charge in [0.05, 0.1) is 6.67 Å². The molecule has 26 heavy (non-hydrogen) atoms. The number of amides is 5. The van der Waals surface area contributed by atoms with Crippen molar-refractivity contribution in [1.29, 1.82) is 0 Å². The van der Waals surface area contributed by atoms with Gasteiger partial charge < -0.3 is 4.90 Å². The molecule has 0 aromatic heterocycles. The van der Waals surface area contributed by atoms with Gasteiger partial charge in [0.1, 0.15) is 0 Å². The summed E-state index contributed by atoms with van der Waals surface area (Å²) < 4.78 is 0. The van der Waals surface area contributed by atoms with E-state index in [4.69, 9.17) is 0 Å². The maximum atomic E-state index is 12.6. The molecule has 0 radical (unpaired) electrons. The summed E-state index contributed by atoms with van der Waals surface area (Å²) in [6.45, 7) is 4.68. The lowest BCUT2D eigenvalue weighted by Crippen LogP contribution is -2.53. The van der Waals surface area contributed by atoms with Crippen molar-refractivity contribution in [3.05, 3.63) is 0 Å². The van der Waals surface area contributed by atoms with Gasteiger partial charge in [0, 0.05) is 38.6 Å². The first-order valence-electron chi connectivity index (χ1n) is 9.71. The molecule has 3 fully saturated rings. The number of rotatable bonds is 5. The van der Waals surface area contributed by atoms with Crippen LogP contribution in [0.25, 0.3) is 0 Å². The molecule has 144 valence electrons. The second kappa shape index (κ2) is 8.16. The highest BCUT2D eigenvalue weighted by Crippen LogP contribution is 2.26. The zero-order chi connectivity index (χ0) is 18.7. The Kier molecular flexibility index (Phi) is 5.90. The largest absolute Gasteiger partial charge is 0.340 e. The average Bonchev–Trinajstić information content (AvgIpc) is 2.87. The van der Waals surface area contributed by atoms with Crippen LogP contribution in [0.1, 0.15) is 45.4 Å². The lowest BCUT2D eigenvalue weighted by atomic mass is 9.88. The fourth-order valence-corrected chi connectivity index (χ4v) is 4.01. The summed E-state index contributed by atoms with van der Waals surface area (Å²) in [7, 11) is 0. The predicted octanol–water partition coefficient (Wildman–Crippen LogP) is 0.869. The number of carbonyl (C=O) groups is 4. The number of carbonyl (C=O) groups excluding carboxylic acids is 4. The van der Waals surface area contributed by atoms with Crippen LogP contribution in [0.2, 0.25) is 0 Å². The van der Waals surface area contributed by atoms with Crippen LogP contribution in [0, 0.1) is 5.92 Å². The van der Waals surface area contributed by atoms with Gasteiger partial charge in [0.2, 0.25) is 5.91 Å². The summed E-state index contributed by atoms with van der Waals surface area (Å²) >= 11 is 0. The van der Waals surface area contributed by atoms with Gasteiger partial charge in [-0.25, -0.2) is 9.69 Å². The summed E-state index contributed by atoms with van der Waals surface area (Å²) in [4.78, 5) is 54.8. The molecule has 8 nitrogen and oxygen atoms in total. The first kappa shape index (κ1) is 18.8. The smallest absolute Gasteiger partial charge is 0.335 e. The molecule has 0 aromatic carbocycles. The van der Waals surface area contributed by atoms with Crippen molar-refractivity contribution in [2.45, 2.75) is 45.4 Å². The zero-order valence-corrected chi connectivity index (χ0v) is 15.5. The third-order valence-electron chi connectivity index (χ3n) is 5.56. The quantitative estimate of drug-likeness (QED) is 0.534. The summed E-state index contributed by atoms with van der Waals surface area (Å²) in [6.07, 6.45) is 6.11. The van der Waals surface area contributed by atoms with Gasteiger partial charge in [-0.3, -0.25) is 24.2 Å².